The van der Waals surface area contributed by atoms with Gasteiger partial charge in [-0.3, -0.25) is 0 Å². The highest BCUT2D eigenvalue weighted by molar-refractivity contribution is 9.10. The number of anilines is 1. The van der Waals surface area contributed by atoms with Crippen molar-refractivity contribution in [3.63, 3.8) is 0 Å². The highest BCUT2D eigenvalue weighted by Crippen LogP contribution is 2.35. The molecule has 162 valence electrons. The molecule has 0 amide bonds. The van der Waals surface area contributed by atoms with Crippen LogP contribution in [0.4, 0.5) is 5.69 Å². The molecule has 0 heterocycles. The molecule has 5 nitrogen and oxygen atoms in total. The maximum absolute atomic E-state index is 11.2. The number of halogens is 3. The minimum atomic E-state index is -0.964. The number of benzene rings is 3. The van der Waals surface area contributed by atoms with Crippen LogP contribution in [0.5, 0.6) is 11.5 Å². The average Bonchev–Trinajstić information content (AvgIpc) is 2.74. The van der Waals surface area contributed by atoms with Gasteiger partial charge in [-0.2, -0.15) is 0 Å². The Balaban J connectivity index is 1.75. The van der Waals surface area contributed by atoms with Gasteiger partial charge in [-0.05, 0) is 60.0 Å². The minimum Gasteiger partial charge on any atom is -0.493 e. The summed E-state index contributed by atoms with van der Waals surface area (Å²) in [4.78, 5) is 11.2. The van der Waals surface area contributed by atoms with Crippen LogP contribution in [0.2, 0.25) is 10.0 Å². The van der Waals surface area contributed by atoms with Crippen LogP contribution in [-0.2, 0) is 13.2 Å². The van der Waals surface area contributed by atoms with Crippen molar-refractivity contribution < 1.29 is 19.4 Å². The first-order valence-electron chi connectivity index (χ1n) is 9.29. The van der Waals surface area contributed by atoms with Gasteiger partial charge < -0.3 is 19.9 Å². The van der Waals surface area contributed by atoms with Crippen molar-refractivity contribution in [2.75, 3.05) is 12.4 Å². The largest absolute Gasteiger partial charge is 0.493 e. The Morgan fingerprint density at radius 2 is 1.84 bits per heavy atom. The van der Waals surface area contributed by atoms with Gasteiger partial charge in [0.1, 0.15) is 6.61 Å². The van der Waals surface area contributed by atoms with Crippen molar-refractivity contribution in [1.82, 2.24) is 0 Å². The summed E-state index contributed by atoms with van der Waals surface area (Å²) in [6.07, 6.45) is 0. The summed E-state index contributed by atoms with van der Waals surface area (Å²) >= 11 is 15.6. The molecule has 3 aromatic carbocycles. The predicted octanol–water partition coefficient (Wildman–Crippen LogP) is 6.96. The molecule has 3 aromatic rings. The molecule has 0 aromatic heterocycles. The molecule has 0 spiro atoms. The molecule has 0 aliphatic heterocycles. The second kappa shape index (κ2) is 10.3. The van der Waals surface area contributed by atoms with Crippen molar-refractivity contribution in [1.29, 1.82) is 0 Å². The number of carboxylic acids is 1. The van der Waals surface area contributed by atoms with Crippen molar-refractivity contribution in [2.24, 2.45) is 0 Å². The topological polar surface area (TPSA) is 67.8 Å². The third kappa shape index (κ3) is 5.85. The number of carbonyl (C=O) groups is 1. The van der Waals surface area contributed by atoms with Crippen LogP contribution < -0.4 is 14.8 Å². The Morgan fingerprint density at radius 1 is 1.06 bits per heavy atom. The maximum atomic E-state index is 11.2. The summed E-state index contributed by atoms with van der Waals surface area (Å²) in [7, 11) is 1.58. The van der Waals surface area contributed by atoms with Crippen molar-refractivity contribution in [3.05, 3.63) is 85.3 Å². The number of aryl methyl sites for hydroxylation is 1. The van der Waals surface area contributed by atoms with Gasteiger partial charge in [0.15, 0.2) is 11.5 Å². The van der Waals surface area contributed by atoms with Gasteiger partial charge in [-0.1, -0.05) is 51.3 Å². The fourth-order valence-corrected chi connectivity index (χ4v) is 3.69. The van der Waals surface area contributed by atoms with Gasteiger partial charge in [0.25, 0.3) is 0 Å². The van der Waals surface area contributed by atoms with E-state index in [-0.39, 0.29) is 5.56 Å². The smallest absolute Gasteiger partial charge is 0.335 e. The molecule has 8 heteroatoms. The van der Waals surface area contributed by atoms with Crippen LogP contribution >= 0.6 is 39.1 Å². The molecule has 0 fully saturated rings. The van der Waals surface area contributed by atoms with E-state index in [2.05, 4.69) is 21.2 Å². The molecule has 0 unspecified atom stereocenters. The molecule has 0 aliphatic rings. The number of carboxylic acid groups (broad SMARTS) is 1. The standard InChI is InChI=1S/C23H20BrCl2NO4/c1-13-3-5-15(23(28)29)8-20(13)27-11-16-9-21(30-2)22(10-17(16)24)31-12-14-4-6-18(25)19(26)7-14/h3-10,27H,11-12H2,1-2H3,(H,28,29). The van der Waals surface area contributed by atoms with Crippen LogP contribution in [0, 0.1) is 6.92 Å². The molecule has 0 bridgehead atoms. The Kier molecular flexibility index (Phi) is 7.70. The van der Waals surface area contributed by atoms with Crippen LogP contribution in [0.25, 0.3) is 0 Å². The first kappa shape index (κ1) is 23.3. The highest BCUT2D eigenvalue weighted by Gasteiger charge is 2.12. The Bertz CT molecular complexity index is 1120. The van der Waals surface area contributed by atoms with Gasteiger partial charge >= 0.3 is 5.97 Å². The lowest BCUT2D eigenvalue weighted by molar-refractivity contribution is 0.0697. The van der Waals surface area contributed by atoms with Gasteiger partial charge in [0.2, 0.25) is 0 Å². The second-order valence-electron chi connectivity index (χ2n) is 6.82. The molecule has 2 N–H and O–H groups in total. The number of aromatic carboxylic acids is 1. The van der Waals surface area contributed by atoms with Crippen LogP contribution in [0.1, 0.15) is 27.0 Å². The molecule has 0 atom stereocenters. The SMILES string of the molecule is COc1cc(CNc2cc(C(=O)O)ccc2C)c(Br)cc1OCc1ccc(Cl)c(Cl)c1. The van der Waals surface area contributed by atoms with E-state index in [0.29, 0.717) is 34.7 Å². The van der Waals surface area contributed by atoms with Crippen molar-refractivity contribution >= 4 is 50.8 Å². The Labute approximate surface area is 199 Å². The lowest BCUT2D eigenvalue weighted by Crippen LogP contribution is -2.05. The highest BCUT2D eigenvalue weighted by atomic mass is 79.9. The maximum Gasteiger partial charge on any atom is 0.335 e. The quantitative estimate of drug-likeness (QED) is 0.333. The molecule has 31 heavy (non-hydrogen) atoms. The molecule has 0 aliphatic carbocycles. The number of methoxy groups -OCH3 is 1. The summed E-state index contributed by atoms with van der Waals surface area (Å²) in [5, 5.41) is 13.5. The third-order valence-electron chi connectivity index (χ3n) is 4.66. The van der Waals surface area contributed by atoms with E-state index in [1.165, 1.54) is 0 Å². The molecule has 0 saturated heterocycles. The zero-order valence-electron chi connectivity index (χ0n) is 16.8. The fraction of sp³-hybridized carbons (Fsp3) is 0.174. The summed E-state index contributed by atoms with van der Waals surface area (Å²) in [6.45, 7) is 2.69. The molecular formula is C23H20BrCl2NO4. The predicted molar refractivity (Wildman–Crippen MR) is 127 cm³/mol. The number of nitrogens with one attached hydrogen (secondary N) is 1. The van der Waals surface area contributed by atoms with Gasteiger partial charge in [-0.25, -0.2) is 4.79 Å². The van der Waals surface area contributed by atoms with E-state index in [9.17, 15) is 9.90 Å². The Hall–Kier alpha value is -2.41. The summed E-state index contributed by atoms with van der Waals surface area (Å²) < 4.78 is 12.3. The summed E-state index contributed by atoms with van der Waals surface area (Å²) in [5.41, 5.74) is 3.75. The monoisotopic (exact) mass is 523 g/mol. The van der Waals surface area contributed by atoms with E-state index in [0.717, 1.165) is 26.9 Å². The zero-order valence-corrected chi connectivity index (χ0v) is 19.9. The number of ether oxygens (including phenoxy) is 2. The number of rotatable bonds is 8. The molecule has 3 rings (SSSR count). The van der Waals surface area contributed by atoms with Gasteiger partial charge in [0, 0.05) is 16.7 Å². The van der Waals surface area contributed by atoms with E-state index >= 15 is 0 Å². The molecule has 0 saturated carbocycles. The third-order valence-corrected chi connectivity index (χ3v) is 6.14. The van der Waals surface area contributed by atoms with Crippen LogP contribution in [-0.4, -0.2) is 18.2 Å². The lowest BCUT2D eigenvalue weighted by atomic mass is 10.1. The summed E-state index contributed by atoms with van der Waals surface area (Å²) in [6, 6.07) is 14.0. The van der Waals surface area contributed by atoms with Crippen molar-refractivity contribution in [2.45, 2.75) is 20.1 Å². The first-order chi connectivity index (χ1) is 14.8. The molecular weight excluding hydrogens is 505 g/mol. The van der Waals surface area contributed by atoms with Crippen LogP contribution in [0.15, 0.2) is 53.0 Å². The first-order valence-corrected chi connectivity index (χ1v) is 10.8. The average molecular weight is 525 g/mol. The second-order valence-corrected chi connectivity index (χ2v) is 8.49. The van der Waals surface area contributed by atoms with E-state index in [1.54, 1.807) is 37.4 Å². The normalized spacial score (nSPS) is 10.6. The Morgan fingerprint density at radius 3 is 2.52 bits per heavy atom. The molecule has 0 radical (unpaired) electrons. The number of hydrogen-bond acceptors (Lipinski definition) is 4. The van der Waals surface area contributed by atoms with Gasteiger partial charge in [-0.15, -0.1) is 0 Å². The van der Waals surface area contributed by atoms with Gasteiger partial charge in [0.05, 0.1) is 22.7 Å². The minimum absolute atomic E-state index is 0.232. The number of hydrogen-bond donors (Lipinski definition) is 2. The van der Waals surface area contributed by atoms with Crippen molar-refractivity contribution in [3.8, 4) is 11.5 Å². The van der Waals surface area contributed by atoms with E-state index in [1.807, 2.05) is 25.1 Å². The lowest BCUT2D eigenvalue weighted by Gasteiger charge is -2.16. The van der Waals surface area contributed by atoms with Crippen LogP contribution in [0.3, 0.4) is 0 Å². The summed E-state index contributed by atoms with van der Waals surface area (Å²) in [5.74, 6) is 0.193. The fourth-order valence-electron chi connectivity index (χ4n) is 2.91. The van der Waals surface area contributed by atoms with E-state index in [4.69, 9.17) is 32.7 Å². The van der Waals surface area contributed by atoms with E-state index < -0.39 is 5.97 Å². The zero-order chi connectivity index (χ0) is 22.5.